The Morgan fingerprint density at radius 1 is 1.22 bits per heavy atom. The molecule has 0 N–H and O–H groups in total. The van der Waals surface area contributed by atoms with Crippen molar-refractivity contribution in [1.82, 2.24) is 0 Å². The normalized spacial score (nSPS) is 21.3. The first kappa shape index (κ1) is 17.5. The van der Waals surface area contributed by atoms with E-state index < -0.39 is 17.4 Å². The SMILES string of the molecule is CCOC(=O)C1(CCCCc2ccccc2)CCCCOC1=O. The average Bonchev–Trinajstić information content (AvgIpc) is 2.75. The van der Waals surface area contributed by atoms with Gasteiger partial charge in [0.2, 0.25) is 0 Å². The van der Waals surface area contributed by atoms with Crippen molar-refractivity contribution in [2.45, 2.75) is 51.9 Å². The summed E-state index contributed by atoms with van der Waals surface area (Å²) in [5.74, 6) is -0.806. The molecule has 2 rings (SSSR count). The molecule has 4 heteroatoms. The number of hydrogen-bond donors (Lipinski definition) is 0. The van der Waals surface area contributed by atoms with Gasteiger partial charge in [-0.05, 0) is 51.0 Å². The molecule has 1 aliphatic rings. The van der Waals surface area contributed by atoms with Crippen molar-refractivity contribution >= 4 is 11.9 Å². The van der Waals surface area contributed by atoms with Crippen LogP contribution in [0.15, 0.2) is 30.3 Å². The van der Waals surface area contributed by atoms with E-state index in [0.29, 0.717) is 19.4 Å². The average molecular weight is 318 g/mol. The Morgan fingerprint density at radius 2 is 2.00 bits per heavy atom. The van der Waals surface area contributed by atoms with Crippen molar-refractivity contribution in [2.75, 3.05) is 13.2 Å². The van der Waals surface area contributed by atoms with Gasteiger partial charge in [-0.15, -0.1) is 0 Å². The molecular formula is C19H26O4. The Bertz CT molecular complexity index is 511. The molecule has 1 saturated heterocycles. The summed E-state index contributed by atoms with van der Waals surface area (Å²) >= 11 is 0. The number of carbonyl (C=O) groups is 2. The maximum absolute atomic E-state index is 12.4. The summed E-state index contributed by atoms with van der Waals surface area (Å²) < 4.78 is 10.4. The molecule has 1 atom stereocenters. The van der Waals surface area contributed by atoms with Gasteiger partial charge in [-0.3, -0.25) is 9.59 Å². The third-order valence-corrected chi connectivity index (χ3v) is 4.45. The summed E-state index contributed by atoms with van der Waals surface area (Å²) in [6.45, 7) is 2.46. The van der Waals surface area contributed by atoms with Crippen LogP contribution in [0.2, 0.25) is 0 Å². The van der Waals surface area contributed by atoms with Gasteiger partial charge >= 0.3 is 11.9 Å². The van der Waals surface area contributed by atoms with Crippen molar-refractivity contribution in [2.24, 2.45) is 5.41 Å². The first-order valence-corrected chi connectivity index (χ1v) is 8.57. The van der Waals surface area contributed by atoms with Gasteiger partial charge in [0.25, 0.3) is 0 Å². The summed E-state index contributed by atoms with van der Waals surface area (Å²) in [7, 11) is 0. The topological polar surface area (TPSA) is 52.6 Å². The maximum atomic E-state index is 12.4. The summed E-state index contributed by atoms with van der Waals surface area (Å²) in [5.41, 5.74) is 0.185. The van der Waals surface area contributed by atoms with E-state index in [4.69, 9.17) is 9.47 Å². The van der Waals surface area contributed by atoms with Crippen LogP contribution in [-0.4, -0.2) is 25.2 Å². The first-order chi connectivity index (χ1) is 11.2. The zero-order valence-electron chi connectivity index (χ0n) is 13.9. The summed E-state index contributed by atoms with van der Waals surface area (Å²) in [4.78, 5) is 24.8. The number of hydrogen-bond acceptors (Lipinski definition) is 4. The monoisotopic (exact) mass is 318 g/mol. The fourth-order valence-corrected chi connectivity index (χ4v) is 3.12. The number of aryl methyl sites for hydroxylation is 1. The van der Waals surface area contributed by atoms with Gasteiger partial charge in [0.1, 0.15) is 0 Å². The first-order valence-electron chi connectivity index (χ1n) is 8.57. The second kappa shape index (κ2) is 8.70. The second-order valence-electron chi connectivity index (χ2n) is 6.09. The number of esters is 2. The van der Waals surface area contributed by atoms with Crippen LogP contribution in [0.25, 0.3) is 0 Å². The predicted molar refractivity (Wildman–Crippen MR) is 87.9 cm³/mol. The van der Waals surface area contributed by atoms with Crippen molar-refractivity contribution in [3.05, 3.63) is 35.9 Å². The molecule has 0 aliphatic carbocycles. The van der Waals surface area contributed by atoms with Crippen molar-refractivity contribution < 1.29 is 19.1 Å². The highest BCUT2D eigenvalue weighted by Crippen LogP contribution is 2.36. The van der Waals surface area contributed by atoms with E-state index in [1.54, 1.807) is 6.92 Å². The van der Waals surface area contributed by atoms with Gasteiger partial charge in [-0.25, -0.2) is 0 Å². The minimum atomic E-state index is -1.09. The number of benzene rings is 1. The van der Waals surface area contributed by atoms with E-state index in [2.05, 4.69) is 12.1 Å². The summed E-state index contributed by atoms with van der Waals surface area (Å²) in [5, 5.41) is 0. The highest BCUT2D eigenvalue weighted by Gasteiger charge is 2.48. The number of ether oxygens (including phenoxy) is 2. The zero-order valence-corrected chi connectivity index (χ0v) is 13.9. The lowest BCUT2D eigenvalue weighted by Gasteiger charge is -2.27. The lowest BCUT2D eigenvalue weighted by molar-refractivity contribution is -0.172. The van der Waals surface area contributed by atoms with E-state index in [0.717, 1.165) is 32.1 Å². The van der Waals surface area contributed by atoms with Crippen LogP contribution in [0.5, 0.6) is 0 Å². The molecule has 1 fully saturated rings. The van der Waals surface area contributed by atoms with Crippen molar-refractivity contribution in [1.29, 1.82) is 0 Å². The number of carbonyl (C=O) groups excluding carboxylic acids is 2. The van der Waals surface area contributed by atoms with E-state index in [-0.39, 0.29) is 6.61 Å². The zero-order chi connectivity index (χ0) is 16.5. The molecule has 0 amide bonds. The van der Waals surface area contributed by atoms with Gasteiger partial charge in [0.05, 0.1) is 13.2 Å². The van der Waals surface area contributed by atoms with Gasteiger partial charge in [-0.2, -0.15) is 0 Å². The lowest BCUT2D eigenvalue weighted by Crippen LogP contribution is -2.41. The third kappa shape index (κ3) is 4.57. The molecule has 0 radical (unpaired) electrons. The Morgan fingerprint density at radius 3 is 2.74 bits per heavy atom. The largest absolute Gasteiger partial charge is 0.465 e. The highest BCUT2D eigenvalue weighted by molar-refractivity contribution is 6.00. The second-order valence-corrected chi connectivity index (χ2v) is 6.09. The number of unbranched alkanes of at least 4 members (excludes halogenated alkanes) is 1. The van der Waals surface area contributed by atoms with Crippen LogP contribution in [0, 0.1) is 5.41 Å². The van der Waals surface area contributed by atoms with E-state index in [1.807, 2.05) is 18.2 Å². The molecule has 1 unspecified atom stereocenters. The van der Waals surface area contributed by atoms with Crippen LogP contribution < -0.4 is 0 Å². The van der Waals surface area contributed by atoms with Crippen LogP contribution in [-0.2, 0) is 25.5 Å². The molecule has 0 aromatic heterocycles. The molecule has 23 heavy (non-hydrogen) atoms. The molecule has 0 spiro atoms. The van der Waals surface area contributed by atoms with Crippen LogP contribution in [0.3, 0.4) is 0 Å². The fourth-order valence-electron chi connectivity index (χ4n) is 3.12. The molecule has 4 nitrogen and oxygen atoms in total. The van der Waals surface area contributed by atoms with Gasteiger partial charge in [0, 0.05) is 0 Å². The van der Waals surface area contributed by atoms with E-state index in [1.165, 1.54) is 5.56 Å². The fraction of sp³-hybridized carbons (Fsp3) is 0.579. The molecule has 1 heterocycles. The molecule has 1 aromatic rings. The van der Waals surface area contributed by atoms with Gasteiger partial charge in [0.15, 0.2) is 5.41 Å². The summed E-state index contributed by atoms with van der Waals surface area (Å²) in [6, 6.07) is 10.2. The maximum Gasteiger partial charge on any atom is 0.323 e. The molecular weight excluding hydrogens is 292 g/mol. The third-order valence-electron chi connectivity index (χ3n) is 4.45. The molecule has 1 aliphatic heterocycles. The lowest BCUT2D eigenvalue weighted by atomic mass is 9.78. The Hall–Kier alpha value is -1.84. The van der Waals surface area contributed by atoms with Gasteiger partial charge in [-0.1, -0.05) is 36.8 Å². The summed E-state index contributed by atoms with van der Waals surface area (Å²) in [6.07, 6.45) is 5.39. The standard InChI is InChI=1S/C19H26O4/c1-2-22-17(20)19(14-8-9-15-23-18(19)21)13-7-6-12-16-10-4-3-5-11-16/h3-5,10-11H,2,6-9,12-15H2,1H3. The van der Waals surface area contributed by atoms with Crippen LogP contribution in [0.1, 0.15) is 51.0 Å². The number of rotatable bonds is 7. The molecule has 0 saturated carbocycles. The Kier molecular flexibility index (Phi) is 6.63. The molecule has 126 valence electrons. The molecule has 0 bridgehead atoms. The number of cyclic esters (lactones) is 1. The quantitative estimate of drug-likeness (QED) is 0.437. The Labute approximate surface area is 138 Å². The highest BCUT2D eigenvalue weighted by atomic mass is 16.6. The van der Waals surface area contributed by atoms with Gasteiger partial charge < -0.3 is 9.47 Å². The smallest absolute Gasteiger partial charge is 0.323 e. The van der Waals surface area contributed by atoms with Crippen molar-refractivity contribution in [3.63, 3.8) is 0 Å². The van der Waals surface area contributed by atoms with Crippen LogP contribution in [0.4, 0.5) is 0 Å². The Balaban J connectivity index is 1.97. The minimum Gasteiger partial charge on any atom is -0.465 e. The molecule has 1 aromatic carbocycles. The van der Waals surface area contributed by atoms with Crippen molar-refractivity contribution in [3.8, 4) is 0 Å². The minimum absolute atomic E-state index is 0.290. The van der Waals surface area contributed by atoms with E-state index >= 15 is 0 Å². The van der Waals surface area contributed by atoms with E-state index in [9.17, 15) is 9.59 Å². The van der Waals surface area contributed by atoms with Crippen LogP contribution >= 0.6 is 0 Å². The predicted octanol–water partition coefficient (Wildman–Crippen LogP) is 3.68.